The van der Waals surface area contributed by atoms with Crippen molar-refractivity contribution in [2.24, 2.45) is 5.92 Å². The van der Waals surface area contributed by atoms with Gasteiger partial charge in [-0.1, -0.05) is 97.4 Å². The van der Waals surface area contributed by atoms with E-state index in [2.05, 4.69) is 24.3 Å². The molecule has 0 fully saturated rings. The van der Waals surface area contributed by atoms with E-state index in [1.54, 1.807) is 0 Å². The molecule has 1 aliphatic carbocycles. The molecule has 0 radical (unpaired) electrons. The quantitative estimate of drug-likeness (QED) is 0.182. The van der Waals surface area contributed by atoms with Gasteiger partial charge in [-0.15, -0.1) is 0 Å². The van der Waals surface area contributed by atoms with Gasteiger partial charge >= 0.3 is 11.9 Å². The molecule has 39 heavy (non-hydrogen) atoms. The van der Waals surface area contributed by atoms with Crippen LogP contribution in [0.25, 0.3) is 11.1 Å². The third-order valence-electron chi connectivity index (χ3n) is 6.93. The minimum atomic E-state index is -0.812. The summed E-state index contributed by atoms with van der Waals surface area (Å²) in [5.74, 6) is -1.35. The monoisotopic (exact) mass is 518 g/mol. The van der Waals surface area contributed by atoms with Crippen LogP contribution in [0.5, 0.6) is 5.75 Å². The maximum atomic E-state index is 13.0. The van der Waals surface area contributed by atoms with Crippen LogP contribution in [-0.2, 0) is 32.1 Å². The van der Waals surface area contributed by atoms with Crippen molar-refractivity contribution in [1.29, 1.82) is 0 Å². The standard InChI is InChI=1S/C34H28O5/c1-2-37-34(36)26(20-24-16-18-27(19-17-24)38-22-25-10-4-3-5-11-25)21-33(35)39-23-32-30-14-8-6-12-28(30)29-13-7-9-15-31(29)32/h1,3-19,26,32H,20-23H2/t26-/m1/s1/i1T. The Morgan fingerprint density at radius 3 is 2.13 bits per heavy atom. The number of rotatable bonds is 10. The third kappa shape index (κ3) is 6.19. The summed E-state index contributed by atoms with van der Waals surface area (Å²) in [5.41, 5.74) is 6.42. The third-order valence-corrected chi connectivity index (χ3v) is 6.93. The number of hydrogen-bond donors (Lipinski definition) is 0. The average molecular weight is 519 g/mol. The van der Waals surface area contributed by atoms with Crippen molar-refractivity contribution < 1.29 is 25.2 Å². The molecule has 0 N–H and O–H groups in total. The first-order valence-corrected chi connectivity index (χ1v) is 12.8. The van der Waals surface area contributed by atoms with Gasteiger partial charge in [0.1, 0.15) is 26.4 Å². The number of hydrogen-bond acceptors (Lipinski definition) is 5. The van der Waals surface area contributed by atoms with E-state index < -0.39 is 17.9 Å². The Hall–Kier alpha value is -4.82. The van der Waals surface area contributed by atoms with E-state index in [0.717, 1.165) is 33.4 Å². The SMILES string of the molecule is [3H]C#COC(=O)[C@@H](CC(=O)OCC1c2ccccc2-c2ccccc21)Cc1ccc(OCc2ccccc2)cc1. The molecule has 0 aromatic heterocycles. The molecular formula is C34H28O5. The van der Waals surface area contributed by atoms with Crippen LogP contribution in [0.1, 0.15) is 36.0 Å². The molecule has 0 spiro atoms. The number of fused-ring (bicyclic) bond motifs is 3. The minimum Gasteiger partial charge on any atom is -0.489 e. The van der Waals surface area contributed by atoms with Gasteiger partial charge in [0.2, 0.25) is 0 Å². The number of carbonyl (C=O) groups is 2. The summed E-state index contributed by atoms with van der Waals surface area (Å²) in [5, 5.41) is 0. The Bertz CT molecular complexity index is 1490. The zero-order chi connectivity index (χ0) is 27.7. The van der Waals surface area contributed by atoms with Crippen LogP contribution in [0.15, 0.2) is 103 Å². The van der Waals surface area contributed by atoms with Crippen LogP contribution >= 0.6 is 0 Å². The maximum Gasteiger partial charge on any atom is 0.323 e. The zero-order valence-electron chi connectivity index (χ0n) is 22.3. The van der Waals surface area contributed by atoms with Crippen molar-refractivity contribution in [2.75, 3.05) is 6.61 Å². The van der Waals surface area contributed by atoms with Gasteiger partial charge in [0.25, 0.3) is 0 Å². The molecule has 0 saturated carbocycles. The van der Waals surface area contributed by atoms with Crippen molar-refractivity contribution in [3.8, 4) is 29.4 Å². The van der Waals surface area contributed by atoms with Gasteiger partial charge in [0.05, 0.1) is 12.3 Å². The summed E-state index contributed by atoms with van der Waals surface area (Å²) in [6.45, 7) is 0.622. The number of benzene rings is 4. The van der Waals surface area contributed by atoms with Crippen molar-refractivity contribution in [3.63, 3.8) is 0 Å². The van der Waals surface area contributed by atoms with Crippen LogP contribution < -0.4 is 4.74 Å². The lowest BCUT2D eigenvalue weighted by atomic mass is 9.96. The smallest absolute Gasteiger partial charge is 0.323 e. The van der Waals surface area contributed by atoms with E-state index in [1.807, 2.05) is 91.4 Å². The second kappa shape index (κ2) is 12.1. The summed E-state index contributed by atoms with van der Waals surface area (Å²) in [7, 11) is 0. The Balaban J connectivity index is 1.22. The highest BCUT2D eigenvalue weighted by atomic mass is 16.5. The second-order valence-corrected chi connectivity index (χ2v) is 9.46. The van der Waals surface area contributed by atoms with Gasteiger partial charge in [-0.25, -0.2) is 0 Å². The molecule has 4 aromatic rings. The number of ether oxygens (including phenoxy) is 3. The Labute approximate surface area is 229 Å². The predicted molar refractivity (Wildman–Crippen MR) is 149 cm³/mol. The first-order valence-electron chi connectivity index (χ1n) is 13.3. The summed E-state index contributed by atoms with van der Waals surface area (Å²) in [6, 6.07) is 33.5. The summed E-state index contributed by atoms with van der Waals surface area (Å²) < 4.78 is 23.4. The highest BCUT2D eigenvalue weighted by Gasteiger charge is 2.30. The lowest BCUT2D eigenvalue weighted by Crippen LogP contribution is -2.24. The second-order valence-electron chi connectivity index (χ2n) is 9.46. The molecule has 5 rings (SSSR count). The van der Waals surface area contributed by atoms with Gasteiger partial charge < -0.3 is 14.2 Å². The van der Waals surface area contributed by atoms with Crippen molar-refractivity contribution in [2.45, 2.75) is 25.4 Å². The molecule has 1 atom stereocenters. The van der Waals surface area contributed by atoms with Crippen LogP contribution in [0.3, 0.4) is 0 Å². The van der Waals surface area contributed by atoms with Gasteiger partial charge in [0.15, 0.2) is 0 Å². The van der Waals surface area contributed by atoms with E-state index in [4.69, 9.17) is 15.6 Å². The summed E-state index contributed by atoms with van der Waals surface area (Å²) >= 11 is 0. The molecule has 0 saturated heterocycles. The Morgan fingerprint density at radius 2 is 1.46 bits per heavy atom. The van der Waals surface area contributed by atoms with E-state index in [0.29, 0.717) is 12.4 Å². The number of carbonyl (C=O) groups excluding carboxylic acids is 2. The molecular weight excluding hydrogens is 488 g/mol. The molecule has 0 heterocycles. The molecule has 5 heteroatoms. The molecule has 0 aliphatic heterocycles. The first-order chi connectivity index (χ1) is 19.6. The summed E-state index contributed by atoms with van der Waals surface area (Å²) in [4.78, 5) is 25.7. The molecule has 0 bridgehead atoms. The Morgan fingerprint density at radius 1 is 0.821 bits per heavy atom. The normalized spacial score (nSPS) is 12.7. The van der Waals surface area contributed by atoms with E-state index in [-0.39, 0.29) is 25.4 Å². The maximum absolute atomic E-state index is 13.0. The zero-order valence-corrected chi connectivity index (χ0v) is 21.3. The Kier molecular flexibility index (Phi) is 7.64. The lowest BCUT2D eigenvalue weighted by Gasteiger charge is -2.17. The van der Waals surface area contributed by atoms with Crippen LogP contribution in [-0.4, -0.2) is 18.5 Å². The molecule has 5 nitrogen and oxygen atoms in total. The van der Waals surface area contributed by atoms with E-state index >= 15 is 0 Å². The number of terminal acetylenes is 1. The molecule has 194 valence electrons. The van der Waals surface area contributed by atoms with Gasteiger partial charge in [-0.05, 0) is 51.9 Å². The predicted octanol–water partition coefficient (Wildman–Crippen LogP) is 6.30. The van der Waals surface area contributed by atoms with Gasteiger partial charge in [-0.3, -0.25) is 9.59 Å². The first kappa shape index (κ1) is 24.5. The fourth-order valence-corrected chi connectivity index (χ4v) is 5.00. The summed E-state index contributed by atoms with van der Waals surface area (Å²) in [6.07, 6.45) is 3.92. The van der Waals surface area contributed by atoms with Crippen LogP contribution in [0, 0.1) is 18.4 Å². The fourth-order valence-electron chi connectivity index (χ4n) is 5.00. The highest BCUT2D eigenvalue weighted by Crippen LogP contribution is 2.44. The van der Waals surface area contributed by atoms with E-state index in [1.165, 1.54) is 0 Å². The van der Waals surface area contributed by atoms with Crippen molar-refractivity contribution in [1.82, 2.24) is 0 Å². The average Bonchev–Trinajstić information content (AvgIpc) is 3.32. The largest absolute Gasteiger partial charge is 0.489 e. The highest BCUT2D eigenvalue weighted by molar-refractivity contribution is 5.81. The minimum absolute atomic E-state index is 0.0700. The molecule has 0 amide bonds. The van der Waals surface area contributed by atoms with Gasteiger partial charge in [0, 0.05) is 5.92 Å². The molecule has 0 unspecified atom stereocenters. The number of esters is 2. The van der Waals surface area contributed by atoms with Gasteiger partial charge in [-0.2, -0.15) is 0 Å². The van der Waals surface area contributed by atoms with Crippen molar-refractivity contribution >= 4 is 11.9 Å². The van der Waals surface area contributed by atoms with Crippen molar-refractivity contribution in [3.05, 3.63) is 125 Å². The van der Waals surface area contributed by atoms with Crippen LogP contribution in [0.4, 0.5) is 0 Å². The lowest BCUT2D eigenvalue weighted by molar-refractivity contribution is -0.151. The molecule has 1 aliphatic rings. The van der Waals surface area contributed by atoms with E-state index in [9.17, 15) is 9.59 Å². The fraction of sp³-hybridized carbons (Fsp3) is 0.176. The van der Waals surface area contributed by atoms with Crippen LogP contribution in [0.2, 0.25) is 0 Å². The topological polar surface area (TPSA) is 61.8 Å². The molecule has 4 aromatic carbocycles.